The lowest BCUT2D eigenvalue weighted by molar-refractivity contribution is 0.425. The molecular formula is C11H18ClFN4. The lowest BCUT2D eigenvalue weighted by Crippen LogP contribution is -2.21. The van der Waals surface area contributed by atoms with Crippen LogP contribution in [0.4, 0.5) is 10.1 Å². The quantitative estimate of drug-likeness (QED) is 0.555. The van der Waals surface area contributed by atoms with Crippen LogP contribution in [0.15, 0.2) is 18.2 Å². The first-order chi connectivity index (χ1) is 7.50. The Kier molecular flexibility index (Phi) is 6.53. The summed E-state index contributed by atoms with van der Waals surface area (Å²) in [4.78, 5) is 2.01. The first-order valence-corrected chi connectivity index (χ1v) is 5.03. The number of nitrogens with one attached hydrogen (secondary N) is 2. The van der Waals surface area contributed by atoms with Gasteiger partial charge in [0.1, 0.15) is 11.7 Å². The van der Waals surface area contributed by atoms with E-state index in [1.165, 1.54) is 6.07 Å². The standard InChI is InChI=1S/C11H17FN4.ClH/c1-16(2)6-5-15-10-4-3-8(11(13)14)7-9(10)12;/h3-4,7,15H,5-6H2,1-2H3,(H3,13,14);1H. The van der Waals surface area contributed by atoms with Crippen LogP contribution < -0.4 is 11.1 Å². The second-order valence-electron chi connectivity index (χ2n) is 3.84. The van der Waals surface area contributed by atoms with Crippen LogP contribution in [0, 0.1) is 11.2 Å². The number of hydrogen-bond acceptors (Lipinski definition) is 3. The van der Waals surface area contributed by atoms with Crippen LogP contribution in [0.1, 0.15) is 5.56 Å². The average molecular weight is 261 g/mol. The zero-order chi connectivity index (χ0) is 12.1. The minimum Gasteiger partial charge on any atom is -0.384 e. The fraction of sp³-hybridized carbons (Fsp3) is 0.364. The Morgan fingerprint density at radius 3 is 2.59 bits per heavy atom. The van der Waals surface area contributed by atoms with Gasteiger partial charge in [0.15, 0.2) is 0 Å². The van der Waals surface area contributed by atoms with Crippen molar-refractivity contribution in [1.82, 2.24) is 4.90 Å². The highest BCUT2D eigenvalue weighted by Crippen LogP contribution is 2.15. The first kappa shape index (κ1) is 15.7. The van der Waals surface area contributed by atoms with Gasteiger partial charge in [0.05, 0.1) is 5.69 Å². The lowest BCUT2D eigenvalue weighted by Gasteiger charge is -2.12. The van der Waals surface area contributed by atoms with Crippen LogP contribution in [0.3, 0.4) is 0 Å². The van der Waals surface area contributed by atoms with Gasteiger partial charge in [-0.1, -0.05) is 0 Å². The van der Waals surface area contributed by atoms with Gasteiger partial charge in [-0.05, 0) is 32.3 Å². The summed E-state index contributed by atoms with van der Waals surface area (Å²) < 4.78 is 13.5. The third-order valence-electron chi connectivity index (χ3n) is 2.15. The third-order valence-corrected chi connectivity index (χ3v) is 2.15. The van der Waals surface area contributed by atoms with Gasteiger partial charge in [-0.25, -0.2) is 4.39 Å². The highest BCUT2D eigenvalue weighted by molar-refractivity contribution is 5.95. The molecule has 17 heavy (non-hydrogen) atoms. The van der Waals surface area contributed by atoms with E-state index in [-0.39, 0.29) is 24.1 Å². The van der Waals surface area contributed by atoms with E-state index in [4.69, 9.17) is 11.1 Å². The summed E-state index contributed by atoms with van der Waals surface area (Å²) in [6.45, 7) is 1.50. The van der Waals surface area contributed by atoms with E-state index in [9.17, 15) is 4.39 Å². The maximum absolute atomic E-state index is 13.5. The Morgan fingerprint density at radius 1 is 1.47 bits per heavy atom. The van der Waals surface area contributed by atoms with E-state index < -0.39 is 0 Å². The van der Waals surface area contributed by atoms with Crippen LogP contribution in [0.25, 0.3) is 0 Å². The van der Waals surface area contributed by atoms with Crippen molar-refractivity contribution in [1.29, 1.82) is 5.41 Å². The molecule has 0 unspecified atom stereocenters. The van der Waals surface area contributed by atoms with Crippen molar-refractivity contribution in [2.24, 2.45) is 5.73 Å². The van der Waals surface area contributed by atoms with Crippen LogP contribution in [0.2, 0.25) is 0 Å². The minimum absolute atomic E-state index is 0. The summed E-state index contributed by atoms with van der Waals surface area (Å²) in [7, 11) is 3.91. The summed E-state index contributed by atoms with van der Waals surface area (Å²) >= 11 is 0. The Morgan fingerprint density at radius 2 is 2.12 bits per heavy atom. The van der Waals surface area contributed by atoms with Gasteiger partial charge in [0, 0.05) is 18.7 Å². The van der Waals surface area contributed by atoms with Gasteiger partial charge in [-0.15, -0.1) is 12.4 Å². The maximum atomic E-state index is 13.5. The fourth-order valence-corrected chi connectivity index (χ4v) is 1.24. The van der Waals surface area contributed by atoms with Gasteiger partial charge in [-0.2, -0.15) is 0 Å². The van der Waals surface area contributed by atoms with E-state index in [1.54, 1.807) is 12.1 Å². The molecule has 0 aromatic heterocycles. The topological polar surface area (TPSA) is 65.1 Å². The molecular weight excluding hydrogens is 243 g/mol. The van der Waals surface area contributed by atoms with E-state index in [0.29, 0.717) is 17.8 Å². The van der Waals surface area contributed by atoms with Gasteiger partial charge in [-0.3, -0.25) is 5.41 Å². The van der Waals surface area contributed by atoms with Crippen molar-refractivity contribution < 1.29 is 4.39 Å². The Bertz CT molecular complexity index is 382. The largest absolute Gasteiger partial charge is 0.384 e. The summed E-state index contributed by atoms with van der Waals surface area (Å²) in [6.07, 6.45) is 0. The van der Waals surface area contributed by atoms with Gasteiger partial charge in [0.25, 0.3) is 0 Å². The summed E-state index contributed by atoms with van der Waals surface area (Å²) in [6, 6.07) is 4.49. The van der Waals surface area contributed by atoms with E-state index in [0.717, 1.165) is 6.54 Å². The normalized spacial score (nSPS) is 9.88. The molecule has 0 bridgehead atoms. The number of benzene rings is 1. The Labute approximate surface area is 107 Å². The van der Waals surface area contributed by atoms with Crippen LogP contribution >= 0.6 is 12.4 Å². The predicted molar refractivity (Wildman–Crippen MR) is 71.7 cm³/mol. The Balaban J connectivity index is 0.00000256. The molecule has 0 fully saturated rings. The fourth-order valence-electron chi connectivity index (χ4n) is 1.24. The molecule has 0 spiro atoms. The van der Waals surface area contributed by atoms with E-state index in [1.807, 2.05) is 19.0 Å². The number of nitrogens with zero attached hydrogens (tertiary/aromatic N) is 1. The molecule has 4 N–H and O–H groups in total. The molecule has 0 atom stereocenters. The number of likely N-dealkylation sites (N-methyl/N-ethyl adjacent to an activating group) is 1. The highest BCUT2D eigenvalue weighted by atomic mass is 35.5. The van der Waals surface area contributed by atoms with Crippen molar-refractivity contribution in [2.45, 2.75) is 0 Å². The van der Waals surface area contributed by atoms with Crippen molar-refractivity contribution in [3.8, 4) is 0 Å². The molecule has 4 nitrogen and oxygen atoms in total. The summed E-state index contributed by atoms with van der Waals surface area (Å²) in [5.41, 5.74) is 6.10. The van der Waals surface area contributed by atoms with Crippen molar-refractivity contribution in [2.75, 3.05) is 32.5 Å². The Hall–Kier alpha value is -1.33. The first-order valence-electron chi connectivity index (χ1n) is 5.03. The summed E-state index contributed by atoms with van der Waals surface area (Å²) in [5.74, 6) is -0.509. The molecule has 0 heterocycles. The van der Waals surface area contributed by atoms with Crippen molar-refractivity contribution >= 4 is 23.9 Å². The molecule has 0 saturated heterocycles. The second-order valence-corrected chi connectivity index (χ2v) is 3.84. The minimum atomic E-state index is -0.383. The number of nitrogen functional groups attached to an aromatic ring is 1. The monoisotopic (exact) mass is 260 g/mol. The van der Waals surface area contributed by atoms with Crippen molar-refractivity contribution in [3.63, 3.8) is 0 Å². The molecule has 1 rings (SSSR count). The number of nitrogens with two attached hydrogens (primary N) is 1. The van der Waals surface area contributed by atoms with E-state index >= 15 is 0 Å². The maximum Gasteiger partial charge on any atom is 0.147 e. The summed E-state index contributed by atoms with van der Waals surface area (Å²) in [5, 5.41) is 10.2. The lowest BCUT2D eigenvalue weighted by atomic mass is 10.2. The molecule has 0 aliphatic carbocycles. The van der Waals surface area contributed by atoms with Gasteiger partial charge < -0.3 is 16.0 Å². The molecule has 6 heteroatoms. The predicted octanol–water partition coefficient (Wildman–Crippen LogP) is 1.51. The van der Waals surface area contributed by atoms with Crippen LogP contribution in [-0.2, 0) is 0 Å². The molecule has 0 aliphatic rings. The zero-order valence-electron chi connectivity index (χ0n) is 9.96. The van der Waals surface area contributed by atoms with Gasteiger partial charge >= 0.3 is 0 Å². The third kappa shape index (κ3) is 5.01. The average Bonchev–Trinajstić information content (AvgIpc) is 2.19. The second kappa shape index (κ2) is 7.09. The van der Waals surface area contributed by atoms with Crippen molar-refractivity contribution in [3.05, 3.63) is 29.6 Å². The van der Waals surface area contributed by atoms with Gasteiger partial charge in [0.2, 0.25) is 0 Å². The molecule has 0 amide bonds. The number of rotatable bonds is 5. The number of hydrogen-bond donors (Lipinski definition) is 3. The number of halogens is 2. The smallest absolute Gasteiger partial charge is 0.147 e. The zero-order valence-corrected chi connectivity index (χ0v) is 10.8. The highest BCUT2D eigenvalue weighted by Gasteiger charge is 2.04. The molecule has 1 aromatic rings. The number of amidine groups is 1. The SMILES string of the molecule is CN(C)CCNc1ccc(C(=N)N)cc1F.Cl. The van der Waals surface area contributed by atoms with Crippen LogP contribution in [0.5, 0.6) is 0 Å². The molecule has 96 valence electrons. The van der Waals surface area contributed by atoms with Crippen LogP contribution in [-0.4, -0.2) is 37.9 Å². The molecule has 0 saturated carbocycles. The van der Waals surface area contributed by atoms with E-state index in [2.05, 4.69) is 5.32 Å². The number of anilines is 1. The molecule has 0 aliphatic heterocycles. The molecule has 0 radical (unpaired) electrons. The molecule has 1 aromatic carbocycles.